The van der Waals surface area contributed by atoms with Crippen LogP contribution in [-0.2, 0) is 0 Å². The number of aliphatic hydroxyl groups is 2. The predicted octanol–water partition coefficient (Wildman–Crippen LogP) is 5.03. The fourth-order valence-electron chi connectivity index (χ4n) is 2.78. The van der Waals surface area contributed by atoms with Gasteiger partial charge in [0.05, 0.1) is 16.8 Å². The monoisotopic (exact) mass is 350 g/mol. The molecule has 0 aliphatic rings. The molecule has 2 nitrogen and oxygen atoms in total. The van der Waals surface area contributed by atoms with Crippen molar-refractivity contribution in [3.8, 4) is 0 Å². The second-order valence-electron chi connectivity index (χ2n) is 8.37. The molecular formula is C18H38O2S2. The highest BCUT2D eigenvalue weighted by atomic mass is 32.2. The number of aliphatic hydroxyl groups excluding tert-OH is 2. The number of thioether (sulfide) groups is 2. The molecule has 0 bridgehead atoms. The Hall–Kier alpha value is 0.620. The molecule has 0 spiro atoms. The third-order valence-electron chi connectivity index (χ3n) is 3.89. The van der Waals surface area contributed by atoms with Crippen molar-refractivity contribution >= 4 is 23.5 Å². The van der Waals surface area contributed by atoms with Gasteiger partial charge in [-0.25, -0.2) is 0 Å². The van der Waals surface area contributed by atoms with E-state index in [1.165, 1.54) is 0 Å². The van der Waals surface area contributed by atoms with E-state index in [1.54, 1.807) is 0 Å². The lowest BCUT2D eigenvalue weighted by Gasteiger charge is -2.39. The fourth-order valence-corrected chi connectivity index (χ4v) is 5.42. The zero-order valence-electron chi connectivity index (χ0n) is 15.8. The third kappa shape index (κ3) is 9.05. The molecule has 134 valence electrons. The zero-order valence-corrected chi connectivity index (χ0v) is 17.5. The van der Waals surface area contributed by atoms with Crippen molar-refractivity contribution in [2.24, 2.45) is 16.7 Å². The van der Waals surface area contributed by atoms with Gasteiger partial charge >= 0.3 is 0 Å². The molecule has 0 unspecified atom stereocenters. The van der Waals surface area contributed by atoms with Crippen LogP contribution < -0.4 is 0 Å². The highest BCUT2D eigenvalue weighted by molar-refractivity contribution is 8.16. The van der Waals surface area contributed by atoms with Gasteiger partial charge < -0.3 is 10.2 Å². The van der Waals surface area contributed by atoms with Gasteiger partial charge in [0.25, 0.3) is 0 Å². The zero-order chi connectivity index (χ0) is 17.6. The Morgan fingerprint density at radius 2 is 1.32 bits per heavy atom. The van der Waals surface area contributed by atoms with Crippen LogP contribution in [0, 0.1) is 16.7 Å². The number of rotatable bonds is 9. The standard InChI is InChI=1S/C18H38O2S2/c1-9-21-15(22-10-2)11-13(18(6,7)8)16(20)14(19)12-17(3,4)5/h13-16,19-20H,9-12H2,1-8H3/t13-,14+,16-/m0/s1. The molecule has 0 amide bonds. The molecule has 0 heterocycles. The molecule has 4 heteroatoms. The molecule has 0 rings (SSSR count). The van der Waals surface area contributed by atoms with E-state index in [0.717, 1.165) is 17.9 Å². The molecule has 0 radical (unpaired) electrons. The first kappa shape index (κ1) is 22.6. The largest absolute Gasteiger partial charge is 0.390 e. The van der Waals surface area contributed by atoms with Gasteiger partial charge in [-0.1, -0.05) is 55.4 Å². The maximum atomic E-state index is 10.8. The lowest BCUT2D eigenvalue weighted by atomic mass is 9.72. The molecule has 0 aromatic rings. The van der Waals surface area contributed by atoms with Crippen molar-refractivity contribution < 1.29 is 10.2 Å². The van der Waals surface area contributed by atoms with E-state index in [0.29, 0.717) is 11.0 Å². The summed E-state index contributed by atoms with van der Waals surface area (Å²) in [7, 11) is 0. The van der Waals surface area contributed by atoms with Crippen LogP contribution in [0.3, 0.4) is 0 Å². The van der Waals surface area contributed by atoms with Crippen molar-refractivity contribution in [1.29, 1.82) is 0 Å². The highest BCUT2D eigenvalue weighted by Crippen LogP contribution is 2.40. The minimum atomic E-state index is -0.656. The molecule has 0 aromatic heterocycles. The minimum absolute atomic E-state index is 0.0147. The fraction of sp³-hybridized carbons (Fsp3) is 1.00. The summed E-state index contributed by atoms with van der Waals surface area (Å²) in [6.07, 6.45) is 0.274. The van der Waals surface area contributed by atoms with Gasteiger partial charge in [-0.05, 0) is 41.1 Å². The summed E-state index contributed by atoms with van der Waals surface area (Å²) >= 11 is 3.92. The van der Waals surface area contributed by atoms with Gasteiger partial charge in [-0.2, -0.15) is 0 Å². The van der Waals surface area contributed by atoms with Crippen LogP contribution in [-0.4, -0.2) is 38.5 Å². The topological polar surface area (TPSA) is 40.5 Å². The first-order valence-corrected chi connectivity index (χ1v) is 10.6. The molecule has 0 aliphatic carbocycles. The predicted molar refractivity (Wildman–Crippen MR) is 104 cm³/mol. The first-order chi connectivity index (χ1) is 9.92. The van der Waals surface area contributed by atoms with Crippen LogP contribution in [0.1, 0.15) is 68.2 Å². The van der Waals surface area contributed by atoms with Crippen molar-refractivity contribution in [2.45, 2.75) is 85.0 Å². The van der Waals surface area contributed by atoms with E-state index < -0.39 is 12.2 Å². The smallest absolute Gasteiger partial charge is 0.0833 e. The van der Waals surface area contributed by atoms with Crippen molar-refractivity contribution in [3.63, 3.8) is 0 Å². The van der Waals surface area contributed by atoms with Crippen LogP contribution in [0.25, 0.3) is 0 Å². The van der Waals surface area contributed by atoms with Crippen LogP contribution >= 0.6 is 23.5 Å². The Morgan fingerprint density at radius 1 is 0.864 bits per heavy atom. The minimum Gasteiger partial charge on any atom is -0.390 e. The summed E-state index contributed by atoms with van der Waals surface area (Å²) < 4.78 is 0.496. The second-order valence-corrected chi connectivity index (χ2v) is 11.6. The average Bonchev–Trinajstić information content (AvgIpc) is 2.32. The number of hydrogen-bond acceptors (Lipinski definition) is 4. The van der Waals surface area contributed by atoms with E-state index in [2.05, 4.69) is 55.4 Å². The maximum absolute atomic E-state index is 10.8. The Bertz CT molecular complexity index is 288. The molecule has 0 aromatic carbocycles. The van der Waals surface area contributed by atoms with Gasteiger partial charge in [-0.15, -0.1) is 23.5 Å². The Kier molecular flexibility index (Phi) is 10.1. The summed E-state index contributed by atoms with van der Waals surface area (Å²) in [5.74, 6) is 2.29. The molecule has 0 saturated heterocycles. The average molecular weight is 351 g/mol. The van der Waals surface area contributed by atoms with E-state index >= 15 is 0 Å². The molecule has 0 aliphatic heterocycles. The van der Waals surface area contributed by atoms with Crippen LogP contribution in [0.5, 0.6) is 0 Å². The van der Waals surface area contributed by atoms with Gasteiger partial charge in [-0.3, -0.25) is 0 Å². The molecule has 2 N–H and O–H groups in total. The molecular weight excluding hydrogens is 312 g/mol. The summed E-state index contributed by atoms with van der Waals surface area (Å²) in [4.78, 5) is 0. The summed E-state index contributed by atoms with van der Waals surface area (Å²) in [6, 6.07) is 0. The Morgan fingerprint density at radius 3 is 1.64 bits per heavy atom. The maximum Gasteiger partial charge on any atom is 0.0833 e. The molecule has 22 heavy (non-hydrogen) atoms. The Labute approximate surface area is 147 Å². The molecule has 0 saturated carbocycles. The summed E-state index contributed by atoms with van der Waals surface area (Å²) in [5, 5.41) is 21.3. The quantitative estimate of drug-likeness (QED) is 0.572. The van der Waals surface area contributed by atoms with E-state index in [9.17, 15) is 10.2 Å². The SMILES string of the molecule is CCSC(C[C@@H]([C@H](O)[C@H](O)CC(C)(C)C)C(C)(C)C)SCC. The summed E-state index contributed by atoms with van der Waals surface area (Å²) in [5.41, 5.74) is 0.0116. The third-order valence-corrected chi connectivity index (χ3v) is 6.50. The van der Waals surface area contributed by atoms with Gasteiger partial charge in [0.15, 0.2) is 0 Å². The van der Waals surface area contributed by atoms with Crippen molar-refractivity contribution in [3.05, 3.63) is 0 Å². The highest BCUT2D eigenvalue weighted by Gasteiger charge is 2.37. The summed E-state index contributed by atoms with van der Waals surface area (Å²) in [6.45, 7) is 17.2. The van der Waals surface area contributed by atoms with Crippen LogP contribution in [0.2, 0.25) is 0 Å². The van der Waals surface area contributed by atoms with Gasteiger partial charge in [0.2, 0.25) is 0 Å². The second kappa shape index (κ2) is 9.80. The van der Waals surface area contributed by atoms with Crippen molar-refractivity contribution in [1.82, 2.24) is 0 Å². The lowest BCUT2D eigenvalue weighted by molar-refractivity contribution is -0.0640. The number of hydrogen-bond donors (Lipinski definition) is 2. The normalized spacial score (nSPS) is 17.6. The molecule has 0 fully saturated rings. The van der Waals surface area contributed by atoms with Gasteiger partial charge in [0.1, 0.15) is 0 Å². The van der Waals surface area contributed by atoms with Crippen LogP contribution in [0.4, 0.5) is 0 Å². The van der Waals surface area contributed by atoms with E-state index in [4.69, 9.17) is 0 Å². The van der Waals surface area contributed by atoms with Crippen molar-refractivity contribution in [2.75, 3.05) is 11.5 Å². The first-order valence-electron chi connectivity index (χ1n) is 8.51. The van der Waals surface area contributed by atoms with E-state index in [1.807, 2.05) is 23.5 Å². The van der Waals surface area contributed by atoms with Crippen LogP contribution in [0.15, 0.2) is 0 Å². The Balaban J connectivity index is 5.03. The van der Waals surface area contributed by atoms with E-state index in [-0.39, 0.29) is 16.7 Å². The molecule has 3 atom stereocenters. The van der Waals surface area contributed by atoms with Gasteiger partial charge in [0, 0.05) is 0 Å². The lowest BCUT2D eigenvalue weighted by Crippen LogP contribution is -2.42.